The van der Waals surface area contributed by atoms with Gasteiger partial charge in [-0.05, 0) is 28.7 Å². The Hall–Kier alpha value is -3.69. The third-order valence-electron chi connectivity index (χ3n) is 9.66. The number of benzene rings is 4. The van der Waals surface area contributed by atoms with E-state index in [-0.39, 0.29) is 23.3 Å². The van der Waals surface area contributed by atoms with E-state index in [1.54, 1.807) is 0 Å². The van der Waals surface area contributed by atoms with Gasteiger partial charge in [0, 0.05) is 34.0 Å². The zero-order chi connectivity index (χ0) is 25.3. The molecule has 7 rings (SSSR count). The fraction of sp³-hybridized carbons (Fsp3) is 0.265. The van der Waals surface area contributed by atoms with E-state index in [4.69, 9.17) is 0 Å². The van der Waals surface area contributed by atoms with Crippen LogP contribution < -0.4 is 10.6 Å². The van der Waals surface area contributed by atoms with E-state index in [9.17, 15) is 4.79 Å². The van der Waals surface area contributed by atoms with Crippen molar-refractivity contribution in [3.63, 3.8) is 0 Å². The lowest BCUT2D eigenvalue weighted by Crippen LogP contribution is -2.56. The molecule has 37 heavy (non-hydrogen) atoms. The number of piperidine rings is 1. The molecule has 0 aromatic heterocycles. The Morgan fingerprint density at radius 2 is 1.32 bits per heavy atom. The van der Waals surface area contributed by atoms with Crippen LogP contribution in [0.5, 0.6) is 0 Å². The molecule has 1 saturated carbocycles. The smallest absolute Gasteiger partial charge is 0.250 e. The standard InChI is InChI=1S/C34H32N2O/c1-3-23(2)30-32(25-17-9-5-10-18-25)29(24-15-7-4-8-16-24)33(32,26-19-11-6-12-20-26)34(36-30)27-21-13-14-22-28(27)35-31(34)37/h4-23,29-30,36H,3H2,1-2H3,(H,35,37)/t23-,29+,30+,32-,33-,34-/m0/s1. The second-order valence-electron chi connectivity index (χ2n) is 11.0. The van der Waals surface area contributed by atoms with Crippen LogP contribution in [0.3, 0.4) is 0 Å². The van der Waals surface area contributed by atoms with E-state index in [1.165, 1.54) is 16.7 Å². The highest BCUT2D eigenvalue weighted by Gasteiger charge is 2.93. The number of nitrogens with one attached hydrogen (secondary N) is 2. The van der Waals surface area contributed by atoms with Crippen LogP contribution in [0.25, 0.3) is 0 Å². The van der Waals surface area contributed by atoms with Crippen molar-refractivity contribution in [1.82, 2.24) is 5.32 Å². The van der Waals surface area contributed by atoms with Crippen molar-refractivity contribution >= 4 is 11.6 Å². The van der Waals surface area contributed by atoms with Crippen LogP contribution in [0.2, 0.25) is 0 Å². The topological polar surface area (TPSA) is 41.1 Å². The Balaban J connectivity index is 1.66. The summed E-state index contributed by atoms with van der Waals surface area (Å²) in [6, 6.07) is 41.1. The Morgan fingerprint density at radius 3 is 1.97 bits per heavy atom. The summed E-state index contributed by atoms with van der Waals surface area (Å²) in [7, 11) is 0. The highest BCUT2D eigenvalue weighted by Crippen LogP contribution is 2.86. The molecule has 0 radical (unpaired) electrons. The first kappa shape index (κ1) is 22.5. The van der Waals surface area contributed by atoms with Gasteiger partial charge >= 0.3 is 0 Å². The van der Waals surface area contributed by atoms with Gasteiger partial charge in [0.25, 0.3) is 0 Å². The second kappa shape index (κ2) is 7.90. The van der Waals surface area contributed by atoms with E-state index >= 15 is 0 Å². The molecule has 0 bridgehead atoms. The van der Waals surface area contributed by atoms with Gasteiger partial charge < -0.3 is 5.32 Å². The van der Waals surface area contributed by atoms with Crippen molar-refractivity contribution in [2.24, 2.45) is 5.92 Å². The summed E-state index contributed by atoms with van der Waals surface area (Å²) in [6.45, 7) is 4.61. The first-order valence-electron chi connectivity index (χ1n) is 13.5. The highest BCUT2D eigenvalue weighted by molar-refractivity contribution is 6.09. The number of carbonyl (C=O) groups excluding carboxylic acids is 1. The second-order valence-corrected chi connectivity index (χ2v) is 11.0. The van der Waals surface area contributed by atoms with E-state index in [1.807, 2.05) is 12.1 Å². The SMILES string of the molecule is CC[C@H](C)[C@H]1N[C@@]2(C(=O)Nc3ccccc32)[C@@]2(c3ccccc3)[C@H](c3ccccc3)[C@@]12c1ccccc1. The molecule has 0 unspecified atom stereocenters. The van der Waals surface area contributed by atoms with Crippen molar-refractivity contribution in [3.05, 3.63) is 138 Å². The summed E-state index contributed by atoms with van der Waals surface area (Å²) in [5, 5.41) is 7.39. The maximum Gasteiger partial charge on any atom is 0.250 e. The summed E-state index contributed by atoms with van der Waals surface area (Å²) in [6.07, 6.45) is 1.03. The van der Waals surface area contributed by atoms with Gasteiger partial charge in [0.1, 0.15) is 5.54 Å². The molecule has 1 spiro atoms. The Kier molecular flexibility index (Phi) is 4.81. The summed E-state index contributed by atoms with van der Waals surface area (Å²) in [4.78, 5) is 14.5. The van der Waals surface area contributed by atoms with Crippen molar-refractivity contribution in [2.75, 3.05) is 5.32 Å². The summed E-state index contributed by atoms with van der Waals surface area (Å²) in [5.74, 6) is 0.544. The molecular formula is C34H32N2O. The largest absolute Gasteiger partial charge is 0.324 e. The van der Waals surface area contributed by atoms with Crippen molar-refractivity contribution in [3.8, 4) is 0 Å². The lowest BCUT2D eigenvalue weighted by atomic mass is 9.68. The predicted molar refractivity (Wildman–Crippen MR) is 149 cm³/mol. The number of anilines is 1. The minimum absolute atomic E-state index is 0.0575. The molecule has 2 N–H and O–H groups in total. The Bertz CT molecular complexity index is 1470. The number of rotatable bonds is 5. The molecule has 4 aromatic carbocycles. The Labute approximate surface area is 218 Å². The molecule has 2 aliphatic heterocycles. The van der Waals surface area contributed by atoms with Crippen LogP contribution in [0.1, 0.15) is 48.4 Å². The number of fused-ring (bicyclic) bond motifs is 4. The molecule has 3 heteroatoms. The molecule has 3 nitrogen and oxygen atoms in total. The molecule has 3 aliphatic rings. The van der Waals surface area contributed by atoms with Crippen LogP contribution in [0, 0.1) is 5.92 Å². The monoisotopic (exact) mass is 484 g/mol. The quantitative estimate of drug-likeness (QED) is 0.338. The summed E-state index contributed by atoms with van der Waals surface area (Å²) in [5.41, 5.74) is 4.10. The molecule has 184 valence electrons. The van der Waals surface area contributed by atoms with Crippen molar-refractivity contribution in [2.45, 2.75) is 48.6 Å². The number of hydrogen-bond donors (Lipinski definition) is 2. The van der Waals surface area contributed by atoms with Crippen LogP contribution in [-0.2, 0) is 21.2 Å². The van der Waals surface area contributed by atoms with Gasteiger partial charge in [-0.25, -0.2) is 0 Å². The third-order valence-corrected chi connectivity index (χ3v) is 9.66. The molecular weight excluding hydrogens is 452 g/mol. The minimum Gasteiger partial charge on any atom is -0.324 e. The van der Waals surface area contributed by atoms with E-state index in [0.29, 0.717) is 5.92 Å². The first-order chi connectivity index (χ1) is 18.1. The number of para-hydroxylation sites is 1. The van der Waals surface area contributed by atoms with E-state index < -0.39 is 11.0 Å². The number of carbonyl (C=O) groups is 1. The van der Waals surface area contributed by atoms with Crippen LogP contribution in [-0.4, -0.2) is 11.9 Å². The van der Waals surface area contributed by atoms with Crippen LogP contribution in [0.15, 0.2) is 115 Å². The average Bonchev–Trinajstić information content (AvgIpc) is 3.39. The van der Waals surface area contributed by atoms with Crippen LogP contribution in [0.4, 0.5) is 5.69 Å². The summed E-state index contributed by atoms with van der Waals surface area (Å²) < 4.78 is 0. The van der Waals surface area contributed by atoms with Gasteiger partial charge in [-0.15, -0.1) is 0 Å². The zero-order valence-corrected chi connectivity index (χ0v) is 21.3. The summed E-state index contributed by atoms with van der Waals surface area (Å²) >= 11 is 0. The zero-order valence-electron chi connectivity index (χ0n) is 21.3. The molecule has 1 amide bonds. The predicted octanol–water partition coefficient (Wildman–Crippen LogP) is 6.53. The highest BCUT2D eigenvalue weighted by atomic mass is 16.2. The van der Waals surface area contributed by atoms with Gasteiger partial charge in [0.05, 0.1) is 0 Å². The lowest BCUT2D eigenvalue weighted by molar-refractivity contribution is -0.123. The number of amides is 1. The van der Waals surface area contributed by atoms with Crippen LogP contribution >= 0.6 is 0 Å². The van der Waals surface area contributed by atoms with Gasteiger partial charge in [-0.1, -0.05) is 129 Å². The molecule has 2 heterocycles. The molecule has 6 atom stereocenters. The van der Waals surface area contributed by atoms with Gasteiger partial charge in [0.15, 0.2) is 0 Å². The Morgan fingerprint density at radius 1 is 0.757 bits per heavy atom. The van der Waals surface area contributed by atoms with Gasteiger partial charge in [0.2, 0.25) is 5.91 Å². The van der Waals surface area contributed by atoms with Crippen molar-refractivity contribution in [1.29, 1.82) is 0 Å². The maximum absolute atomic E-state index is 14.5. The fourth-order valence-electron chi connectivity index (χ4n) is 8.30. The average molecular weight is 485 g/mol. The first-order valence-corrected chi connectivity index (χ1v) is 13.5. The van der Waals surface area contributed by atoms with Crippen molar-refractivity contribution < 1.29 is 4.79 Å². The molecule has 2 fully saturated rings. The molecule has 1 saturated heterocycles. The minimum atomic E-state index is -0.893. The molecule has 4 aromatic rings. The third kappa shape index (κ3) is 2.53. The van der Waals surface area contributed by atoms with E-state index in [2.05, 4.69) is 128 Å². The number of hydrogen-bond acceptors (Lipinski definition) is 2. The molecule has 1 aliphatic carbocycles. The lowest BCUT2D eigenvalue weighted by Gasteiger charge is -2.38. The van der Waals surface area contributed by atoms with E-state index in [0.717, 1.165) is 17.7 Å². The fourth-order valence-corrected chi connectivity index (χ4v) is 8.30. The van der Waals surface area contributed by atoms with Gasteiger partial charge in [-0.3, -0.25) is 10.1 Å². The normalized spacial score (nSPS) is 32.0. The maximum atomic E-state index is 14.5. The van der Waals surface area contributed by atoms with Gasteiger partial charge in [-0.2, -0.15) is 0 Å².